The van der Waals surface area contributed by atoms with Gasteiger partial charge < -0.3 is 9.47 Å². The van der Waals surface area contributed by atoms with E-state index >= 15 is 0 Å². The second-order valence-electron chi connectivity index (χ2n) is 7.74. The van der Waals surface area contributed by atoms with Crippen molar-refractivity contribution in [2.75, 3.05) is 7.11 Å². The minimum Gasteiger partial charge on any atom is -0.379 e. The Morgan fingerprint density at radius 3 is 2.17 bits per heavy atom. The van der Waals surface area contributed by atoms with E-state index in [1.54, 1.807) is 14.0 Å². The molecule has 0 aromatic carbocycles. The molecule has 0 aliphatic rings. The van der Waals surface area contributed by atoms with Crippen molar-refractivity contribution in [3.63, 3.8) is 0 Å². The second-order valence-corrected chi connectivity index (χ2v) is 7.74. The zero-order chi connectivity index (χ0) is 18.3. The molecular formula is C20H36O3. The number of unbranched alkanes of at least 4 members (excludes halogenated alkanes) is 1. The first-order chi connectivity index (χ1) is 10.4. The number of ketones is 1. The fourth-order valence-electron chi connectivity index (χ4n) is 2.55. The van der Waals surface area contributed by atoms with E-state index in [-0.39, 0.29) is 17.5 Å². The fraction of sp³-hybridized carbons (Fsp3) is 0.750. The van der Waals surface area contributed by atoms with Crippen LogP contribution in [0.5, 0.6) is 0 Å². The summed E-state index contributed by atoms with van der Waals surface area (Å²) in [6.45, 7) is 17.5. The first-order valence-corrected chi connectivity index (χ1v) is 8.48. The molecule has 0 aromatic rings. The van der Waals surface area contributed by atoms with Gasteiger partial charge in [-0.25, -0.2) is 0 Å². The number of carbonyl (C=O) groups is 1. The van der Waals surface area contributed by atoms with Crippen LogP contribution >= 0.6 is 0 Å². The van der Waals surface area contributed by atoms with Gasteiger partial charge in [0.15, 0.2) is 5.78 Å². The van der Waals surface area contributed by atoms with Crippen molar-refractivity contribution in [1.82, 2.24) is 0 Å². The second kappa shape index (κ2) is 9.39. The van der Waals surface area contributed by atoms with Crippen molar-refractivity contribution in [2.45, 2.75) is 91.5 Å². The molecule has 0 saturated heterocycles. The van der Waals surface area contributed by atoms with E-state index < -0.39 is 5.60 Å². The first kappa shape index (κ1) is 22.1. The molecule has 0 amide bonds. The van der Waals surface area contributed by atoms with E-state index in [2.05, 4.69) is 26.5 Å². The summed E-state index contributed by atoms with van der Waals surface area (Å²) in [6, 6.07) is 0. The third-order valence-electron chi connectivity index (χ3n) is 3.95. The predicted octanol–water partition coefficient (Wildman–Crippen LogP) is 5.25. The molecular weight excluding hydrogens is 288 g/mol. The van der Waals surface area contributed by atoms with Gasteiger partial charge >= 0.3 is 0 Å². The van der Waals surface area contributed by atoms with Crippen LogP contribution in [0.1, 0.15) is 74.1 Å². The molecule has 0 aliphatic carbocycles. The van der Waals surface area contributed by atoms with Crippen LogP contribution in [0.4, 0.5) is 0 Å². The van der Waals surface area contributed by atoms with Gasteiger partial charge in [-0.15, -0.1) is 0 Å². The molecule has 0 bridgehead atoms. The SMILES string of the molecule is C=C(C)C(=O)C(C)(C)OC(CCCC=C(C)C)CC(C)(C)OC. The minimum absolute atomic E-state index is 0.0196. The largest absolute Gasteiger partial charge is 0.379 e. The number of allylic oxidation sites excluding steroid dienone is 2. The number of rotatable bonds is 11. The van der Waals surface area contributed by atoms with Crippen LogP contribution in [0.25, 0.3) is 0 Å². The number of hydrogen-bond acceptors (Lipinski definition) is 3. The van der Waals surface area contributed by atoms with Crippen LogP contribution in [0.2, 0.25) is 0 Å². The first-order valence-electron chi connectivity index (χ1n) is 8.48. The Kier molecular flexibility index (Phi) is 9.01. The van der Waals surface area contributed by atoms with Crippen molar-refractivity contribution in [3.05, 3.63) is 23.8 Å². The van der Waals surface area contributed by atoms with E-state index in [9.17, 15) is 4.79 Å². The van der Waals surface area contributed by atoms with Gasteiger partial charge in [-0.1, -0.05) is 18.2 Å². The van der Waals surface area contributed by atoms with Crippen molar-refractivity contribution in [1.29, 1.82) is 0 Å². The monoisotopic (exact) mass is 324 g/mol. The number of carbonyl (C=O) groups excluding carboxylic acids is 1. The summed E-state index contributed by atoms with van der Waals surface area (Å²) < 4.78 is 11.7. The molecule has 0 N–H and O–H groups in total. The van der Waals surface area contributed by atoms with E-state index in [4.69, 9.17) is 9.47 Å². The Morgan fingerprint density at radius 1 is 1.17 bits per heavy atom. The van der Waals surface area contributed by atoms with Gasteiger partial charge in [0.1, 0.15) is 5.60 Å². The molecule has 0 radical (unpaired) electrons. The van der Waals surface area contributed by atoms with Crippen LogP contribution in [0.3, 0.4) is 0 Å². The molecule has 3 heteroatoms. The summed E-state index contributed by atoms with van der Waals surface area (Å²) >= 11 is 0. The summed E-state index contributed by atoms with van der Waals surface area (Å²) in [6.07, 6.45) is 5.95. The topological polar surface area (TPSA) is 35.5 Å². The molecule has 0 saturated carbocycles. The highest BCUT2D eigenvalue weighted by atomic mass is 16.5. The van der Waals surface area contributed by atoms with Gasteiger partial charge in [0.25, 0.3) is 0 Å². The molecule has 3 nitrogen and oxygen atoms in total. The molecule has 0 spiro atoms. The lowest BCUT2D eigenvalue weighted by Gasteiger charge is -2.34. The predicted molar refractivity (Wildman–Crippen MR) is 97.8 cm³/mol. The van der Waals surface area contributed by atoms with Crippen molar-refractivity contribution in [2.24, 2.45) is 0 Å². The summed E-state index contributed by atoms with van der Waals surface area (Å²) in [4.78, 5) is 12.3. The Hall–Kier alpha value is -0.930. The highest BCUT2D eigenvalue weighted by Crippen LogP contribution is 2.27. The van der Waals surface area contributed by atoms with Crippen LogP contribution < -0.4 is 0 Å². The lowest BCUT2D eigenvalue weighted by atomic mass is 9.94. The zero-order valence-corrected chi connectivity index (χ0v) is 16.4. The van der Waals surface area contributed by atoms with E-state index in [1.807, 2.05) is 27.7 Å². The number of hydrogen-bond donors (Lipinski definition) is 0. The minimum atomic E-state index is -0.850. The molecule has 0 aliphatic heterocycles. The van der Waals surface area contributed by atoms with Crippen molar-refractivity contribution >= 4 is 5.78 Å². The Morgan fingerprint density at radius 2 is 1.74 bits per heavy atom. The highest BCUT2D eigenvalue weighted by molar-refractivity contribution is 6.00. The van der Waals surface area contributed by atoms with Gasteiger partial charge in [0.05, 0.1) is 11.7 Å². The van der Waals surface area contributed by atoms with Gasteiger partial charge in [-0.05, 0) is 73.3 Å². The summed E-state index contributed by atoms with van der Waals surface area (Å²) in [5.41, 5.74) is 0.738. The van der Waals surface area contributed by atoms with Crippen LogP contribution in [-0.2, 0) is 14.3 Å². The molecule has 0 heterocycles. The molecule has 0 rings (SSSR count). The van der Waals surface area contributed by atoms with Crippen molar-refractivity contribution in [3.8, 4) is 0 Å². The van der Waals surface area contributed by atoms with Gasteiger partial charge in [-0.2, -0.15) is 0 Å². The van der Waals surface area contributed by atoms with Crippen LogP contribution in [0.15, 0.2) is 23.8 Å². The maximum Gasteiger partial charge on any atom is 0.189 e. The maximum absolute atomic E-state index is 12.3. The van der Waals surface area contributed by atoms with Crippen LogP contribution in [-0.4, -0.2) is 30.2 Å². The fourth-order valence-corrected chi connectivity index (χ4v) is 2.55. The molecule has 23 heavy (non-hydrogen) atoms. The summed E-state index contributed by atoms with van der Waals surface area (Å²) in [5.74, 6) is -0.0398. The normalized spacial score (nSPS) is 13.6. The average Bonchev–Trinajstić information content (AvgIpc) is 2.41. The van der Waals surface area contributed by atoms with Gasteiger partial charge in [-0.3, -0.25) is 4.79 Å². The number of ether oxygens (including phenoxy) is 2. The van der Waals surface area contributed by atoms with Crippen LogP contribution in [0, 0.1) is 0 Å². The van der Waals surface area contributed by atoms with E-state index in [0.29, 0.717) is 5.57 Å². The Labute approximate surface area is 143 Å². The van der Waals surface area contributed by atoms with Gasteiger partial charge in [0, 0.05) is 13.5 Å². The van der Waals surface area contributed by atoms with Gasteiger partial charge in [0.2, 0.25) is 0 Å². The van der Waals surface area contributed by atoms with E-state index in [0.717, 1.165) is 25.7 Å². The molecule has 134 valence electrons. The third-order valence-corrected chi connectivity index (χ3v) is 3.95. The van der Waals surface area contributed by atoms with E-state index in [1.165, 1.54) is 5.57 Å². The van der Waals surface area contributed by atoms with Crippen molar-refractivity contribution < 1.29 is 14.3 Å². The summed E-state index contributed by atoms with van der Waals surface area (Å²) in [7, 11) is 1.71. The highest BCUT2D eigenvalue weighted by Gasteiger charge is 2.34. The lowest BCUT2D eigenvalue weighted by Crippen LogP contribution is -2.41. The third kappa shape index (κ3) is 9.07. The molecule has 0 fully saturated rings. The zero-order valence-electron chi connectivity index (χ0n) is 16.4. The maximum atomic E-state index is 12.3. The average molecular weight is 325 g/mol. The molecule has 1 atom stereocenters. The molecule has 0 aromatic heterocycles. The number of methoxy groups -OCH3 is 1. The lowest BCUT2D eigenvalue weighted by molar-refractivity contribution is -0.149. The Balaban J connectivity index is 4.93. The Bertz CT molecular complexity index is 426. The molecule has 1 unspecified atom stereocenters. The quantitative estimate of drug-likeness (QED) is 0.296. The smallest absolute Gasteiger partial charge is 0.189 e. The summed E-state index contributed by atoms with van der Waals surface area (Å²) in [5, 5.41) is 0. The number of Topliss-reactive ketones (excluding diaryl/α,β-unsaturated/α-hetero) is 1. The standard InChI is InChI=1S/C20H36O3/c1-15(2)12-10-11-13-17(14-19(5,6)22-9)23-20(7,8)18(21)16(3)4/h12,17H,3,10-11,13-14H2,1-2,4-9H3.